The number of amides is 2. The molecule has 0 spiro atoms. The molecule has 142 valence electrons. The molecule has 6 heteroatoms. The van der Waals surface area contributed by atoms with Crippen LogP contribution in [-0.4, -0.2) is 43.0 Å². The van der Waals surface area contributed by atoms with E-state index in [1.54, 1.807) is 4.90 Å². The second kappa shape index (κ2) is 9.53. The Morgan fingerprint density at radius 2 is 1.70 bits per heavy atom. The first-order valence-electron chi connectivity index (χ1n) is 9.09. The number of carbonyl (C=O) groups excluding carboxylic acids is 2. The van der Waals surface area contributed by atoms with Crippen LogP contribution >= 0.6 is 11.6 Å². The molecular weight excluding hydrogens is 364 g/mol. The van der Waals surface area contributed by atoms with Gasteiger partial charge in [0.2, 0.25) is 11.8 Å². The number of benzene rings is 2. The van der Waals surface area contributed by atoms with Crippen molar-refractivity contribution in [2.45, 2.75) is 18.9 Å². The number of nitrogens with zero attached hydrogens (tertiary/aromatic N) is 1. The third-order valence-electron chi connectivity index (χ3n) is 4.59. The highest BCUT2D eigenvalue weighted by atomic mass is 35.5. The standard InChI is InChI=1S/C21H23ClN2O3/c22-18-9-5-4-6-16(18)10-11-19(25)23-20(17-7-2-1-3-8-17)21(26)24-12-14-27-15-13-24/h1-9,20H,10-15H2,(H,23,25). The number of nitrogens with one attached hydrogen (secondary N) is 1. The first-order chi connectivity index (χ1) is 13.1. The first-order valence-corrected chi connectivity index (χ1v) is 9.47. The summed E-state index contributed by atoms with van der Waals surface area (Å²) in [5.41, 5.74) is 1.70. The Hall–Kier alpha value is -2.37. The van der Waals surface area contributed by atoms with Crippen LogP contribution in [0, 0.1) is 0 Å². The van der Waals surface area contributed by atoms with Gasteiger partial charge in [-0.05, 0) is 23.6 Å². The predicted molar refractivity (Wildman–Crippen MR) is 104 cm³/mol. The summed E-state index contributed by atoms with van der Waals surface area (Å²) < 4.78 is 5.32. The fraction of sp³-hybridized carbons (Fsp3) is 0.333. The van der Waals surface area contributed by atoms with Crippen molar-refractivity contribution in [1.82, 2.24) is 10.2 Å². The maximum atomic E-state index is 13.0. The summed E-state index contributed by atoms with van der Waals surface area (Å²) in [6.45, 7) is 2.12. The average Bonchev–Trinajstić information content (AvgIpc) is 2.72. The quantitative estimate of drug-likeness (QED) is 0.830. The predicted octanol–water partition coefficient (Wildman–Crippen LogP) is 2.99. The van der Waals surface area contributed by atoms with E-state index in [2.05, 4.69) is 5.32 Å². The van der Waals surface area contributed by atoms with Crippen molar-refractivity contribution < 1.29 is 14.3 Å². The Kier molecular flexibility index (Phi) is 6.85. The van der Waals surface area contributed by atoms with E-state index in [0.717, 1.165) is 11.1 Å². The van der Waals surface area contributed by atoms with Crippen LogP contribution in [0.3, 0.4) is 0 Å². The highest BCUT2D eigenvalue weighted by molar-refractivity contribution is 6.31. The van der Waals surface area contributed by atoms with E-state index in [-0.39, 0.29) is 18.2 Å². The number of hydrogen-bond acceptors (Lipinski definition) is 3. The van der Waals surface area contributed by atoms with Gasteiger partial charge in [-0.3, -0.25) is 9.59 Å². The van der Waals surface area contributed by atoms with Gasteiger partial charge in [-0.25, -0.2) is 0 Å². The van der Waals surface area contributed by atoms with Gasteiger partial charge < -0.3 is 15.0 Å². The number of halogens is 1. The molecule has 1 heterocycles. The topological polar surface area (TPSA) is 58.6 Å². The highest BCUT2D eigenvalue weighted by Crippen LogP contribution is 2.19. The fourth-order valence-corrected chi connectivity index (χ4v) is 3.31. The van der Waals surface area contributed by atoms with E-state index < -0.39 is 6.04 Å². The highest BCUT2D eigenvalue weighted by Gasteiger charge is 2.28. The third kappa shape index (κ3) is 5.31. The van der Waals surface area contributed by atoms with E-state index in [9.17, 15) is 9.59 Å². The van der Waals surface area contributed by atoms with Gasteiger partial charge in [-0.15, -0.1) is 0 Å². The molecule has 1 N–H and O–H groups in total. The number of carbonyl (C=O) groups is 2. The van der Waals surface area contributed by atoms with Crippen molar-refractivity contribution in [3.63, 3.8) is 0 Å². The maximum Gasteiger partial charge on any atom is 0.249 e. The van der Waals surface area contributed by atoms with Crippen LogP contribution in [0.25, 0.3) is 0 Å². The van der Waals surface area contributed by atoms with Crippen molar-refractivity contribution in [2.75, 3.05) is 26.3 Å². The molecule has 1 aliphatic heterocycles. The van der Waals surface area contributed by atoms with Crippen LogP contribution in [0.5, 0.6) is 0 Å². The molecule has 0 aromatic heterocycles. The van der Waals surface area contributed by atoms with E-state index in [0.29, 0.717) is 37.7 Å². The molecule has 1 aliphatic rings. The van der Waals surface area contributed by atoms with Gasteiger partial charge in [-0.2, -0.15) is 0 Å². The van der Waals surface area contributed by atoms with Crippen LogP contribution in [0.15, 0.2) is 54.6 Å². The fourth-order valence-electron chi connectivity index (χ4n) is 3.08. The summed E-state index contributed by atoms with van der Waals surface area (Å²) in [6.07, 6.45) is 0.794. The minimum absolute atomic E-state index is 0.101. The van der Waals surface area contributed by atoms with Crippen LogP contribution in [-0.2, 0) is 20.7 Å². The van der Waals surface area contributed by atoms with Crippen LogP contribution < -0.4 is 5.32 Å². The normalized spacial score (nSPS) is 15.2. The second-order valence-corrected chi connectivity index (χ2v) is 6.85. The number of morpholine rings is 1. The molecule has 2 aromatic rings. The lowest BCUT2D eigenvalue weighted by Crippen LogP contribution is -2.47. The molecule has 0 saturated carbocycles. The summed E-state index contributed by atoms with van der Waals surface area (Å²) in [7, 11) is 0. The lowest BCUT2D eigenvalue weighted by molar-refractivity contribution is -0.140. The summed E-state index contributed by atoms with van der Waals surface area (Å²) in [6, 6.07) is 16.1. The molecular formula is C21H23ClN2O3. The molecule has 1 fully saturated rings. The lowest BCUT2D eigenvalue weighted by Gasteiger charge is -2.31. The zero-order valence-electron chi connectivity index (χ0n) is 15.1. The van der Waals surface area contributed by atoms with Gasteiger partial charge in [0.15, 0.2) is 0 Å². The minimum atomic E-state index is -0.692. The molecule has 2 aromatic carbocycles. The second-order valence-electron chi connectivity index (χ2n) is 6.44. The Morgan fingerprint density at radius 3 is 2.41 bits per heavy atom. The van der Waals surface area contributed by atoms with E-state index >= 15 is 0 Å². The Balaban J connectivity index is 1.68. The van der Waals surface area contributed by atoms with Gasteiger partial charge in [0.25, 0.3) is 0 Å². The van der Waals surface area contributed by atoms with Gasteiger partial charge in [0, 0.05) is 24.5 Å². The number of ether oxygens (including phenoxy) is 1. The molecule has 27 heavy (non-hydrogen) atoms. The van der Waals surface area contributed by atoms with Gasteiger partial charge in [0.05, 0.1) is 13.2 Å². The Labute approximate surface area is 164 Å². The summed E-state index contributed by atoms with van der Waals surface area (Å²) in [5.74, 6) is -0.277. The Morgan fingerprint density at radius 1 is 1.04 bits per heavy atom. The molecule has 5 nitrogen and oxygen atoms in total. The molecule has 0 radical (unpaired) electrons. The molecule has 3 rings (SSSR count). The zero-order chi connectivity index (χ0) is 19.1. The van der Waals surface area contributed by atoms with E-state index in [1.807, 2.05) is 54.6 Å². The summed E-state index contributed by atoms with van der Waals surface area (Å²) >= 11 is 6.16. The molecule has 0 bridgehead atoms. The average molecular weight is 387 g/mol. The van der Waals surface area contributed by atoms with Gasteiger partial charge >= 0.3 is 0 Å². The van der Waals surface area contributed by atoms with Crippen molar-refractivity contribution in [1.29, 1.82) is 0 Å². The number of hydrogen-bond donors (Lipinski definition) is 1. The van der Waals surface area contributed by atoms with E-state index in [1.165, 1.54) is 0 Å². The molecule has 1 saturated heterocycles. The first kappa shape index (κ1) is 19.4. The third-order valence-corrected chi connectivity index (χ3v) is 4.96. The monoisotopic (exact) mass is 386 g/mol. The van der Waals surface area contributed by atoms with Crippen molar-refractivity contribution in [3.8, 4) is 0 Å². The van der Waals surface area contributed by atoms with Gasteiger partial charge in [0.1, 0.15) is 6.04 Å². The van der Waals surface area contributed by atoms with E-state index in [4.69, 9.17) is 16.3 Å². The Bertz CT molecular complexity index is 776. The maximum absolute atomic E-state index is 13.0. The molecule has 1 atom stereocenters. The zero-order valence-corrected chi connectivity index (χ0v) is 15.8. The molecule has 0 aliphatic carbocycles. The number of rotatable bonds is 6. The smallest absolute Gasteiger partial charge is 0.249 e. The van der Waals surface area contributed by atoms with Gasteiger partial charge in [-0.1, -0.05) is 60.1 Å². The van der Waals surface area contributed by atoms with Crippen molar-refractivity contribution in [3.05, 3.63) is 70.7 Å². The van der Waals surface area contributed by atoms with Crippen LogP contribution in [0.2, 0.25) is 5.02 Å². The number of aryl methyl sites for hydroxylation is 1. The SMILES string of the molecule is O=C(CCc1ccccc1Cl)NC(C(=O)N1CCOCC1)c1ccccc1. The lowest BCUT2D eigenvalue weighted by atomic mass is 10.0. The minimum Gasteiger partial charge on any atom is -0.378 e. The summed E-state index contributed by atoms with van der Waals surface area (Å²) in [4.78, 5) is 27.3. The molecule has 1 unspecified atom stereocenters. The van der Waals surface area contributed by atoms with Crippen LogP contribution in [0.1, 0.15) is 23.6 Å². The molecule has 2 amide bonds. The van der Waals surface area contributed by atoms with Crippen molar-refractivity contribution >= 4 is 23.4 Å². The van der Waals surface area contributed by atoms with Crippen molar-refractivity contribution in [2.24, 2.45) is 0 Å². The van der Waals surface area contributed by atoms with Crippen LogP contribution in [0.4, 0.5) is 0 Å². The summed E-state index contributed by atoms with van der Waals surface area (Å²) in [5, 5.41) is 3.55. The largest absolute Gasteiger partial charge is 0.378 e.